The third-order valence-corrected chi connectivity index (χ3v) is 16.5. The van der Waals surface area contributed by atoms with Crippen molar-refractivity contribution < 1.29 is 4.42 Å². The highest BCUT2D eigenvalue weighted by Gasteiger charge is 2.48. The van der Waals surface area contributed by atoms with Gasteiger partial charge in [0.25, 0.3) is 0 Å². The Morgan fingerprint density at radius 3 is 1.55 bits per heavy atom. The van der Waals surface area contributed by atoms with Gasteiger partial charge in [0, 0.05) is 38.8 Å². The summed E-state index contributed by atoms with van der Waals surface area (Å²) in [5.41, 5.74) is 24.8. The Hall–Kier alpha value is -8.20. The monoisotopic (exact) mass is 955 g/mol. The molecule has 0 atom stereocenters. The molecular formula is C72H61NO. The van der Waals surface area contributed by atoms with Crippen molar-refractivity contribution in [2.24, 2.45) is 0 Å². The zero-order valence-electron chi connectivity index (χ0n) is 43.7. The van der Waals surface area contributed by atoms with Gasteiger partial charge in [-0.1, -0.05) is 231 Å². The summed E-state index contributed by atoms with van der Waals surface area (Å²) in [6.07, 6.45) is 0. The van der Waals surface area contributed by atoms with Crippen LogP contribution in [0.1, 0.15) is 99.9 Å². The molecule has 0 saturated carbocycles. The minimum absolute atomic E-state index is 0.0362. The van der Waals surface area contributed by atoms with Gasteiger partial charge in [-0.2, -0.15) is 0 Å². The van der Waals surface area contributed by atoms with E-state index in [1.165, 1.54) is 77.9 Å². The molecule has 11 aromatic rings. The van der Waals surface area contributed by atoms with Crippen LogP contribution < -0.4 is 4.90 Å². The molecule has 0 spiro atoms. The van der Waals surface area contributed by atoms with Gasteiger partial charge in [-0.05, 0) is 143 Å². The van der Waals surface area contributed by atoms with Gasteiger partial charge in [-0.25, -0.2) is 0 Å². The Labute approximate surface area is 436 Å². The van der Waals surface area contributed by atoms with Crippen LogP contribution in [0.25, 0.3) is 66.4 Å². The lowest BCUT2D eigenvalue weighted by molar-refractivity contribution is 0.586. The Morgan fingerprint density at radius 1 is 0.365 bits per heavy atom. The predicted molar refractivity (Wildman–Crippen MR) is 312 cm³/mol. The number of furan rings is 1. The van der Waals surface area contributed by atoms with Crippen molar-refractivity contribution >= 4 is 39.0 Å². The summed E-state index contributed by atoms with van der Waals surface area (Å²) in [4.78, 5) is 2.43. The molecule has 0 aliphatic heterocycles. The molecule has 2 aliphatic rings. The number of benzene rings is 10. The Kier molecular flexibility index (Phi) is 10.3. The van der Waals surface area contributed by atoms with E-state index in [0.29, 0.717) is 0 Å². The van der Waals surface area contributed by atoms with Crippen molar-refractivity contribution in [3.05, 3.63) is 269 Å². The minimum Gasteiger partial charge on any atom is -0.455 e. The smallest absolute Gasteiger partial charge is 0.143 e. The molecule has 0 N–H and O–H groups in total. The van der Waals surface area contributed by atoms with E-state index in [0.717, 1.165) is 50.1 Å². The van der Waals surface area contributed by atoms with E-state index < -0.39 is 5.41 Å². The van der Waals surface area contributed by atoms with Crippen molar-refractivity contribution in [2.75, 3.05) is 4.90 Å². The van der Waals surface area contributed by atoms with Gasteiger partial charge in [-0.3, -0.25) is 0 Å². The van der Waals surface area contributed by atoms with Gasteiger partial charge in [0.05, 0.1) is 5.41 Å². The van der Waals surface area contributed by atoms with Crippen LogP contribution in [-0.4, -0.2) is 0 Å². The largest absolute Gasteiger partial charge is 0.455 e. The fraction of sp³-hybridized carbons (Fsp3) is 0.167. The number of anilines is 3. The van der Waals surface area contributed by atoms with Crippen molar-refractivity contribution in [1.82, 2.24) is 0 Å². The second kappa shape index (κ2) is 16.7. The molecule has 13 rings (SSSR count). The highest BCUT2D eigenvalue weighted by molar-refractivity contribution is 6.09. The van der Waals surface area contributed by atoms with Crippen LogP contribution in [0.5, 0.6) is 0 Å². The highest BCUT2D eigenvalue weighted by atomic mass is 16.3. The van der Waals surface area contributed by atoms with E-state index in [2.05, 4.69) is 279 Å². The average Bonchev–Trinajstić information content (AvgIpc) is 4.03. The fourth-order valence-electron chi connectivity index (χ4n) is 12.6. The zero-order valence-corrected chi connectivity index (χ0v) is 43.7. The van der Waals surface area contributed by atoms with Gasteiger partial charge < -0.3 is 9.32 Å². The molecule has 2 aliphatic carbocycles. The Morgan fingerprint density at radius 2 is 0.892 bits per heavy atom. The SMILES string of the molecule is CC(C)(C)c1ccc2c(c1)C(c1ccccc1)(c1ccccc1)c1cc(C(C)(C)C)cc(-c3ccc(N(c4ccc(-c5cccc6c5oc5ccccc56)cc4)c4ccc5c(c4)C(C)(C)c4ccccc4-5)cc3)c1-2. The lowest BCUT2D eigenvalue weighted by atomic mass is 9.66. The Balaban J connectivity index is 0.997. The lowest BCUT2D eigenvalue weighted by Gasteiger charge is -2.35. The molecule has 360 valence electrons. The van der Waals surface area contributed by atoms with Crippen molar-refractivity contribution in [3.63, 3.8) is 0 Å². The first-order valence-electron chi connectivity index (χ1n) is 26.3. The molecule has 0 saturated heterocycles. The summed E-state index contributed by atoms with van der Waals surface area (Å²) < 4.78 is 6.53. The zero-order chi connectivity index (χ0) is 50.7. The Bertz CT molecular complexity index is 3930. The normalized spacial score (nSPS) is 14.2. The van der Waals surface area contributed by atoms with Crippen LogP contribution in [0, 0.1) is 0 Å². The molecule has 10 aromatic carbocycles. The maximum Gasteiger partial charge on any atom is 0.143 e. The van der Waals surface area contributed by atoms with E-state index in [-0.39, 0.29) is 16.2 Å². The molecule has 2 nitrogen and oxygen atoms in total. The van der Waals surface area contributed by atoms with Crippen LogP contribution in [-0.2, 0) is 21.7 Å². The van der Waals surface area contributed by atoms with Crippen molar-refractivity contribution in [1.29, 1.82) is 0 Å². The number of hydrogen-bond donors (Lipinski definition) is 0. The fourth-order valence-corrected chi connectivity index (χ4v) is 12.6. The topological polar surface area (TPSA) is 16.4 Å². The summed E-state index contributed by atoms with van der Waals surface area (Å²) in [6.45, 7) is 18.8. The summed E-state index contributed by atoms with van der Waals surface area (Å²) in [5.74, 6) is 0. The summed E-state index contributed by atoms with van der Waals surface area (Å²) in [6, 6.07) is 84.1. The van der Waals surface area contributed by atoms with Crippen LogP contribution in [0.2, 0.25) is 0 Å². The van der Waals surface area contributed by atoms with Gasteiger partial charge in [0.1, 0.15) is 11.2 Å². The maximum absolute atomic E-state index is 6.53. The molecule has 0 bridgehead atoms. The molecule has 74 heavy (non-hydrogen) atoms. The minimum atomic E-state index is -0.537. The first-order valence-corrected chi connectivity index (χ1v) is 26.3. The van der Waals surface area contributed by atoms with Gasteiger partial charge in [-0.15, -0.1) is 0 Å². The van der Waals surface area contributed by atoms with E-state index in [1.807, 2.05) is 6.07 Å². The van der Waals surface area contributed by atoms with E-state index >= 15 is 0 Å². The van der Waals surface area contributed by atoms with Gasteiger partial charge >= 0.3 is 0 Å². The number of hydrogen-bond acceptors (Lipinski definition) is 2. The third kappa shape index (κ3) is 6.98. The van der Waals surface area contributed by atoms with Crippen LogP contribution in [0.3, 0.4) is 0 Å². The average molecular weight is 956 g/mol. The number of fused-ring (bicyclic) bond motifs is 9. The number of rotatable bonds is 7. The molecular weight excluding hydrogens is 895 g/mol. The molecule has 0 radical (unpaired) electrons. The van der Waals surface area contributed by atoms with E-state index in [1.54, 1.807) is 0 Å². The number of nitrogens with zero attached hydrogens (tertiary/aromatic N) is 1. The van der Waals surface area contributed by atoms with E-state index in [4.69, 9.17) is 4.42 Å². The van der Waals surface area contributed by atoms with Gasteiger partial charge in [0.15, 0.2) is 0 Å². The lowest BCUT2D eigenvalue weighted by Crippen LogP contribution is -2.29. The summed E-state index contributed by atoms with van der Waals surface area (Å²) in [5, 5.41) is 2.27. The van der Waals surface area contributed by atoms with Gasteiger partial charge in [0.2, 0.25) is 0 Å². The van der Waals surface area contributed by atoms with Crippen LogP contribution in [0.15, 0.2) is 229 Å². The van der Waals surface area contributed by atoms with Crippen LogP contribution >= 0.6 is 0 Å². The maximum atomic E-state index is 6.53. The highest BCUT2D eigenvalue weighted by Crippen LogP contribution is 2.60. The first kappa shape index (κ1) is 45.6. The third-order valence-electron chi connectivity index (χ3n) is 16.5. The van der Waals surface area contributed by atoms with Crippen molar-refractivity contribution in [3.8, 4) is 44.5 Å². The second-order valence-corrected chi connectivity index (χ2v) is 23.3. The predicted octanol–water partition coefficient (Wildman–Crippen LogP) is 19.7. The van der Waals surface area contributed by atoms with Crippen molar-refractivity contribution in [2.45, 2.75) is 77.0 Å². The molecule has 1 heterocycles. The van der Waals surface area contributed by atoms with Crippen LogP contribution in [0.4, 0.5) is 17.1 Å². The molecule has 0 amide bonds. The second-order valence-electron chi connectivity index (χ2n) is 23.3. The molecule has 2 heteroatoms. The quantitative estimate of drug-likeness (QED) is 0.158. The van der Waals surface area contributed by atoms with E-state index in [9.17, 15) is 0 Å². The standard InChI is InChI=1S/C72H61NO/c1-69(2,3)50-34-40-60-64(43-50)72(48-20-11-9-12-21-48,49-22-13-10-14-23-49)65-44-51(70(4,5)6)42-61(67(60)65)47-32-37-53(38-33-47)73(54-39-41-57-56-24-15-17-28-62(56)71(7,8)63(57)45-54)52-35-30-46(31-36-52)55-26-19-27-59-58-25-16-18-29-66(58)74-68(55)59/h9-45H,1-8H3. The number of para-hydroxylation sites is 2. The summed E-state index contributed by atoms with van der Waals surface area (Å²) in [7, 11) is 0. The molecule has 0 fully saturated rings. The first-order chi connectivity index (χ1) is 35.7. The summed E-state index contributed by atoms with van der Waals surface area (Å²) >= 11 is 0. The molecule has 1 aromatic heterocycles. The molecule has 0 unspecified atom stereocenters.